The number of nitrogens with zero attached hydrogens (tertiary/aromatic N) is 3. The van der Waals surface area contributed by atoms with Crippen LogP contribution in [0.4, 0.5) is 45.5 Å². The summed E-state index contributed by atoms with van der Waals surface area (Å²) >= 11 is 0. The van der Waals surface area contributed by atoms with E-state index in [9.17, 15) is 0 Å². The van der Waals surface area contributed by atoms with Crippen molar-refractivity contribution in [1.29, 1.82) is 0 Å². The molecule has 0 spiro atoms. The minimum Gasteiger partial charge on any atom is -0.313 e. The first-order valence-corrected chi connectivity index (χ1v) is 19.5. The number of anilines is 8. The van der Waals surface area contributed by atoms with Gasteiger partial charge in [-0.15, -0.1) is 0 Å². The van der Waals surface area contributed by atoms with Crippen LogP contribution >= 0.6 is 0 Å². The highest BCUT2D eigenvalue weighted by Gasteiger charge is 2.52. The van der Waals surface area contributed by atoms with Crippen LogP contribution in [0.15, 0.2) is 133 Å². The summed E-state index contributed by atoms with van der Waals surface area (Å²) in [4.78, 5) is 7.82. The van der Waals surface area contributed by atoms with Gasteiger partial charge in [0.1, 0.15) is 0 Å². The molecule has 0 saturated heterocycles. The van der Waals surface area contributed by atoms with E-state index in [1.165, 1.54) is 112 Å². The Kier molecular flexibility index (Phi) is 6.45. The van der Waals surface area contributed by atoms with E-state index in [0.29, 0.717) is 0 Å². The molecule has 0 fully saturated rings. The molecule has 0 amide bonds. The lowest BCUT2D eigenvalue weighted by Crippen LogP contribution is -2.67. The molecule has 6 aromatic rings. The SMILES string of the molecule is Cc1ccc(N2c3ccc(C)cc3B3C4=C(C=CC(C)(C)C4)N4c5ccc(C)cc5B5c6cc(C)ccc6N(c6ccc(C)cc6)c6cc2c3c4c65)cc1. The first-order valence-electron chi connectivity index (χ1n) is 19.5. The number of allylic oxidation sites excluding steroid dienone is 3. The molecule has 4 heterocycles. The molecule has 5 heteroatoms. The van der Waals surface area contributed by atoms with Gasteiger partial charge in [-0.3, -0.25) is 0 Å². The van der Waals surface area contributed by atoms with Crippen molar-refractivity contribution >= 4 is 86.2 Å². The van der Waals surface area contributed by atoms with Gasteiger partial charge in [-0.25, -0.2) is 0 Å². The van der Waals surface area contributed by atoms with Crippen molar-refractivity contribution in [2.75, 3.05) is 14.7 Å². The molecule has 0 N–H and O–H groups in total. The largest absolute Gasteiger partial charge is 0.313 e. The van der Waals surface area contributed by atoms with Crippen molar-refractivity contribution in [3.8, 4) is 0 Å². The van der Waals surface area contributed by atoms with Crippen LogP contribution in [0.25, 0.3) is 0 Å². The summed E-state index contributed by atoms with van der Waals surface area (Å²) in [5.74, 6) is 0. The first kappa shape index (κ1) is 31.8. The van der Waals surface area contributed by atoms with Crippen molar-refractivity contribution < 1.29 is 0 Å². The van der Waals surface area contributed by atoms with Crippen LogP contribution in [0.1, 0.15) is 48.1 Å². The molecule has 0 bridgehead atoms. The Bertz CT molecular complexity index is 2680. The third kappa shape index (κ3) is 4.33. The summed E-state index contributed by atoms with van der Waals surface area (Å²) in [5.41, 5.74) is 26.5. The quantitative estimate of drug-likeness (QED) is 0.167. The van der Waals surface area contributed by atoms with Crippen LogP contribution in [-0.4, -0.2) is 13.4 Å². The fourth-order valence-corrected chi connectivity index (χ4v) is 10.3. The number of rotatable bonds is 2. The Hall–Kier alpha value is -5.67. The van der Waals surface area contributed by atoms with E-state index >= 15 is 0 Å². The van der Waals surface area contributed by atoms with Crippen molar-refractivity contribution in [2.45, 2.75) is 54.9 Å². The smallest absolute Gasteiger partial charge is 0.252 e. The topological polar surface area (TPSA) is 9.72 Å². The standard InChI is InChI=1S/C49H43B2N3/c1-29-8-15-34(16-9-29)52-40-19-12-31(3)24-36(40)50-38-26-33(5)14-21-42(38)54-43-22-23-49(6,7)28-39(43)51-37-25-32(4)13-20-41(37)53(35-17-10-30(2)11-18-35)45-27-44(52)46(50)48(54)47(45)51/h8-27H,28H2,1-7H3. The van der Waals surface area contributed by atoms with E-state index < -0.39 is 0 Å². The Morgan fingerprint density at radius 3 is 1.39 bits per heavy atom. The molecule has 4 aliphatic heterocycles. The van der Waals surface area contributed by atoms with E-state index in [4.69, 9.17) is 0 Å². The molecule has 11 rings (SSSR count). The molecule has 5 aliphatic rings. The zero-order valence-corrected chi connectivity index (χ0v) is 32.3. The van der Waals surface area contributed by atoms with Crippen LogP contribution in [0.2, 0.25) is 0 Å². The number of hydrogen-bond acceptors (Lipinski definition) is 3. The molecule has 0 unspecified atom stereocenters. The van der Waals surface area contributed by atoms with Crippen molar-refractivity contribution in [1.82, 2.24) is 0 Å². The van der Waals surface area contributed by atoms with Gasteiger partial charge in [-0.2, -0.15) is 0 Å². The van der Waals surface area contributed by atoms with Gasteiger partial charge in [0.15, 0.2) is 0 Å². The summed E-state index contributed by atoms with van der Waals surface area (Å²) in [6, 6.07) is 42.3. The Labute approximate surface area is 320 Å². The first-order chi connectivity index (χ1) is 26.1. The normalized spacial score (nSPS) is 16.5. The average Bonchev–Trinajstić information content (AvgIpc) is 3.15. The van der Waals surface area contributed by atoms with Crippen LogP contribution in [0, 0.1) is 40.0 Å². The van der Waals surface area contributed by atoms with Crippen LogP contribution < -0.4 is 42.0 Å². The summed E-state index contributed by atoms with van der Waals surface area (Å²) in [7, 11) is 0. The minimum atomic E-state index is 0.0515. The van der Waals surface area contributed by atoms with Gasteiger partial charge in [0.25, 0.3) is 6.71 Å². The van der Waals surface area contributed by atoms with E-state index in [-0.39, 0.29) is 18.8 Å². The highest BCUT2D eigenvalue weighted by Crippen LogP contribution is 2.52. The molecule has 0 radical (unpaired) electrons. The minimum absolute atomic E-state index is 0.0515. The average molecular weight is 696 g/mol. The predicted molar refractivity (Wildman–Crippen MR) is 232 cm³/mol. The van der Waals surface area contributed by atoms with Gasteiger partial charge >= 0.3 is 0 Å². The maximum absolute atomic E-state index is 2.68. The molecule has 6 aromatic carbocycles. The van der Waals surface area contributed by atoms with Crippen LogP contribution in [0.3, 0.4) is 0 Å². The number of fused-ring (bicyclic) bond motifs is 9. The number of hydrogen-bond donors (Lipinski definition) is 0. The van der Waals surface area contributed by atoms with Gasteiger partial charge in [0, 0.05) is 51.2 Å². The molecule has 260 valence electrons. The molecular formula is C49H43B2N3. The predicted octanol–water partition coefficient (Wildman–Crippen LogP) is 9.16. The second-order valence-corrected chi connectivity index (χ2v) is 17.2. The molecule has 0 saturated carbocycles. The summed E-state index contributed by atoms with van der Waals surface area (Å²) in [6.45, 7) is 16.2. The number of aryl methyl sites for hydroxylation is 5. The van der Waals surface area contributed by atoms with Crippen molar-refractivity contribution in [2.24, 2.45) is 5.41 Å². The maximum Gasteiger partial charge on any atom is 0.252 e. The van der Waals surface area contributed by atoms with Crippen LogP contribution in [-0.2, 0) is 0 Å². The van der Waals surface area contributed by atoms with Gasteiger partial charge in [0.2, 0.25) is 6.71 Å². The second-order valence-electron chi connectivity index (χ2n) is 17.2. The highest BCUT2D eigenvalue weighted by molar-refractivity contribution is 7.02. The zero-order chi connectivity index (χ0) is 36.8. The van der Waals surface area contributed by atoms with E-state index in [0.717, 1.165) is 6.42 Å². The Morgan fingerprint density at radius 1 is 0.463 bits per heavy atom. The van der Waals surface area contributed by atoms with Gasteiger partial charge < -0.3 is 14.7 Å². The fourth-order valence-electron chi connectivity index (χ4n) is 10.3. The van der Waals surface area contributed by atoms with Gasteiger partial charge in [-0.1, -0.05) is 114 Å². The van der Waals surface area contributed by atoms with Gasteiger partial charge in [0.05, 0.1) is 0 Å². The number of benzene rings is 6. The molecular weight excluding hydrogens is 652 g/mol. The summed E-state index contributed by atoms with van der Waals surface area (Å²) < 4.78 is 0. The fraction of sp³-hybridized carbons (Fsp3) is 0.184. The molecule has 0 atom stereocenters. The summed E-state index contributed by atoms with van der Waals surface area (Å²) in [6.07, 6.45) is 5.93. The Morgan fingerprint density at radius 2 is 0.889 bits per heavy atom. The third-order valence-corrected chi connectivity index (χ3v) is 12.7. The third-order valence-electron chi connectivity index (χ3n) is 12.7. The monoisotopic (exact) mass is 695 g/mol. The molecule has 3 nitrogen and oxygen atoms in total. The second kappa shape index (κ2) is 10.9. The van der Waals surface area contributed by atoms with E-state index in [1.54, 1.807) is 0 Å². The lowest BCUT2D eigenvalue weighted by molar-refractivity contribution is 0.475. The Balaban J connectivity index is 1.34. The lowest BCUT2D eigenvalue weighted by atomic mass is 9.27. The lowest BCUT2D eigenvalue weighted by Gasteiger charge is -2.52. The van der Waals surface area contributed by atoms with Crippen molar-refractivity contribution in [3.05, 3.63) is 160 Å². The maximum atomic E-state index is 2.68. The highest BCUT2D eigenvalue weighted by atomic mass is 15.2. The van der Waals surface area contributed by atoms with Crippen molar-refractivity contribution in [3.63, 3.8) is 0 Å². The van der Waals surface area contributed by atoms with E-state index in [1.807, 2.05) is 0 Å². The molecule has 54 heavy (non-hydrogen) atoms. The van der Waals surface area contributed by atoms with E-state index in [2.05, 4.69) is 185 Å². The van der Waals surface area contributed by atoms with Gasteiger partial charge in [-0.05, 0) is 128 Å². The molecule has 0 aromatic heterocycles. The zero-order valence-electron chi connectivity index (χ0n) is 32.3. The van der Waals surface area contributed by atoms with Crippen LogP contribution in [0.5, 0.6) is 0 Å². The summed E-state index contributed by atoms with van der Waals surface area (Å²) in [5, 5.41) is 0. The molecule has 1 aliphatic carbocycles.